The lowest BCUT2D eigenvalue weighted by Gasteiger charge is -2.14. The van der Waals surface area contributed by atoms with Crippen LogP contribution in [0.3, 0.4) is 0 Å². The fourth-order valence-corrected chi connectivity index (χ4v) is 1.88. The molecule has 1 aromatic carbocycles. The Labute approximate surface area is 106 Å². The van der Waals surface area contributed by atoms with Gasteiger partial charge in [-0.1, -0.05) is 13.0 Å². The van der Waals surface area contributed by atoms with E-state index in [0.29, 0.717) is 6.54 Å². The zero-order valence-corrected chi connectivity index (χ0v) is 10.3. The Hall–Kier alpha value is -1.75. The average Bonchev–Trinajstić information content (AvgIpc) is 2.81. The van der Waals surface area contributed by atoms with Gasteiger partial charge in [0.1, 0.15) is 0 Å². The van der Waals surface area contributed by atoms with Crippen molar-refractivity contribution in [2.24, 2.45) is 0 Å². The summed E-state index contributed by atoms with van der Waals surface area (Å²) in [5, 5.41) is 12.0. The minimum absolute atomic E-state index is 0.00655. The molecule has 0 spiro atoms. The van der Waals surface area contributed by atoms with E-state index in [0.717, 1.165) is 23.5 Å². The standard InChI is InChI=1S/C13H17NO4/c1-2-10(6-13(15)16)14-7-9-3-4-11-12(5-9)18-8-17-11/h3-5,10,14H,2,6-8H2,1H3,(H,15,16). The van der Waals surface area contributed by atoms with Crippen LogP contribution in [-0.4, -0.2) is 23.9 Å². The Balaban J connectivity index is 1.91. The fraction of sp³-hybridized carbons (Fsp3) is 0.462. The zero-order valence-electron chi connectivity index (χ0n) is 10.3. The lowest BCUT2D eigenvalue weighted by atomic mass is 10.1. The molecule has 0 saturated heterocycles. The zero-order chi connectivity index (χ0) is 13.0. The maximum absolute atomic E-state index is 10.7. The molecule has 0 bridgehead atoms. The van der Waals surface area contributed by atoms with Gasteiger partial charge in [0.2, 0.25) is 6.79 Å². The van der Waals surface area contributed by atoms with E-state index >= 15 is 0 Å². The summed E-state index contributed by atoms with van der Waals surface area (Å²) in [7, 11) is 0. The van der Waals surface area contributed by atoms with Gasteiger partial charge in [-0.05, 0) is 24.1 Å². The monoisotopic (exact) mass is 251 g/mol. The number of hydrogen-bond donors (Lipinski definition) is 2. The minimum Gasteiger partial charge on any atom is -0.481 e. The van der Waals surface area contributed by atoms with Gasteiger partial charge < -0.3 is 19.9 Å². The number of carboxylic acids is 1. The topological polar surface area (TPSA) is 67.8 Å². The fourth-order valence-electron chi connectivity index (χ4n) is 1.88. The number of nitrogens with one attached hydrogen (secondary N) is 1. The first kappa shape index (κ1) is 12.7. The highest BCUT2D eigenvalue weighted by atomic mass is 16.7. The molecule has 1 heterocycles. The SMILES string of the molecule is CCC(CC(=O)O)NCc1ccc2c(c1)OCO2. The van der Waals surface area contributed by atoms with Crippen molar-refractivity contribution in [2.75, 3.05) is 6.79 Å². The van der Waals surface area contributed by atoms with Gasteiger partial charge in [0.15, 0.2) is 11.5 Å². The van der Waals surface area contributed by atoms with Crippen LogP contribution in [0.25, 0.3) is 0 Å². The van der Waals surface area contributed by atoms with Crippen molar-refractivity contribution in [1.29, 1.82) is 0 Å². The molecule has 2 rings (SSSR count). The van der Waals surface area contributed by atoms with Crippen molar-refractivity contribution < 1.29 is 19.4 Å². The van der Waals surface area contributed by atoms with Gasteiger partial charge in [0.05, 0.1) is 6.42 Å². The van der Waals surface area contributed by atoms with Crippen LogP contribution in [0.2, 0.25) is 0 Å². The van der Waals surface area contributed by atoms with Crippen molar-refractivity contribution in [3.05, 3.63) is 23.8 Å². The average molecular weight is 251 g/mol. The van der Waals surface area contributed by atoms with E-state index in [1.54, 1.807) is 0 Å². The molecule has 1 atom stereocenters. The van der Waals surface area contributed by atoms with Crippen molar-refractivity contribution >= 4 is 5.97 Å². The van der Waals surface area contributed by atoms with Gasteiger partial charge in [0.25, 0.3) is 0 Å². The molecule has 98 valence electrons. The van der Waals surface area contributed by atoms with Gasteiger partial charge in [0, 0.05) is 12.6 Å². The van der Waals surface area contributed by atoms with Crippen LogP contribution in [0.4, 0.5) is 0 Å². The van der Waals surface area contributed by atoms with Gasteiger partial charge in [-0.25, -0.2) is 0 Å². The molecule has 1 aliphatic heterocycles. The van der Waals surface area contributed by atoms with Crippen LogP contribution in [0.1, 0.15) is 25.3 Å². The molecule has 5 nitrogen and oxygen atoms in total. The molecule has 0 amide bonds. The second kappa shape index (κ2) is 5.73. The summed E-state index contributed by atoms with van der Waals surface area (Å²) >= 11 is 0. The Kier molecular flexibility index (Phi) is 4.04. The summed E-state index contributed by atoms with van der Waals surface area (Å²) in [6.45, 7) is 2.87. The summed E-state index contributed by atoms with van der Waals surface area (Å²) in [4.78, 5) is 10.7. The summed E-state index contributed by atoms with van der Waals surface area (Å²) in [6, 6.07) is 5.74. The molecular weight excluding hydrogens is 234 g/mol. The maximum atomic E-state index is 10.7. The van der Waals surface area contributed by atoms with E-state index in [1.807, 2.05) is 25.1 Å². The third-order valence-corrected chi connectivity index (χ3v) is 2.95. The number of hydrogen-bond acceptors (Lipinski definition) is 4. The highest BCUT2D eigenvalue weighted by Gasteiger charge is 2.14. The number of rotatable bonds is 6. The highest BCUT2D eigenvalue weighted by Crippen LogP contribution is 2.32. The third kappa shape index (κ3) is 3.13. The normalized spacial score (nSPS) is 14.5. The van der Waals surface area contributed by atoms with Crippen LogP contribution in [0.15, 0.2) is 18.2 Å². The van der Waals surface area contributed by atoms with Gasteiger partial charge >= 0.3 is 5.97 Å². The molecule has 0 aliphatic carbocycles. The van der Waals surface area contributed by atoms with Gasteiger partial charge in [-0.15, -0.1) is 0 Å². The van der Waals surface area contributed by atoms with E-state index in [9.17, 15) is 4.79 Å². The molecule has 18 heavy (non-hydrogen) atoms. The summed E-state index contributed by atoms with van der Waals surface area (Å²) < 4.78 is 10.5. The molecule has 5 heteroatoms. The Bertz CT molecular complexity index is 433. The van der Waals surface area contributed by atoms with E-state index in [-0.39, 0.29) is 19.3 Å². The Morgan fingerprint density at radius 2 is 2.22 bits per heavy atom. The van der Waals surface area contributed by atoms with E-state index in [4.69, 9.17) is 14.6 Å². The van der Waals surface area contributed by atoms with Gasteiger partial charge in [-0.3, -0.25) is 4.79 Å². The van der Waals surface area contributed by atoms with Crippen LogP contribution >= 0.6 is 0 Å². The first-order valence-electron chi connectivity index (χ1n) is 6.02. The predicted octanol–water partition coefficient (Wildman–Crippen LogP) is 1.76. The molecule has 0 radical (unpaired) electrons. The number of ether oxygens (including phenoxy) is 2. The van der Waals surface area contributed by atoms with Crippen LogP contribution in [-0.2, 0) is 11.3 Å². The highest BCUT2D eigenvalue weighted by molar-refractivity contribution is 5.67. The molecular formula is C13H17NO4. The molecule has 0 aromatic heterocycles. The summed E-state index contributed by atoms with van der Waals surface area (Å²) in [5.74, 6) is 0.733. The van der Waals surface area contributed by atoms with E-state index < -0.39 is 5.97 Å². The lowest BCUT2D eigenvalue weighted by Crippen LogP contribution is -2.30. The predicted molar refractivity (Wildman–Crippen MR) is 65.7 cm³/mol. The molecule has 0 fully saturated rings. The molecule has 0 saturated carbocycles. The van der Waals surface area contributed by atoms with Crippen LogP contribution in [0.5, 0.6) is 11.5 Å². The quantitative estimate of drug-likeness (QED) is 0.806. The minimum atomic E-state index is -0.778. The second-order valence-corrected chi connectivity index (χ2v) is 4.27. The third-order valence-electron chi connectivity index (χ3n) is 2.95. The maximum Gasteiger partial charge on any atom is 0.304 e. The first-order valence-corrected chi connectivity index (χ1v) is 6.02. The van der Waals surface area contributed by atoms with Gasteiger partial charge in [-0.2, -0.15) is 0 Å². The largest absolute Gasteiger partial charge is 0.481 e. The second-order valence-electron chi connectivity index (χ2n) is 4.27. The summed E-state index contributed by atoms with van der Waals surface area (Å²) in [6.07, 6.45) is 0.928. The number of carboxylic acid groups (broad SMARTS) is 1. The number of fused-ring (bicyclic) bond motifs is 1. The van der Waals surface area contributed by atoms with E-state index in [2.05, 4.69) is 5.32 Å². The number of benzene rings is 1. The van der Waals surface area contributed by atoms with Crippen LogP contribution in [0, 0.1) is 0 Å². The number of carbonyl (C=O) groups is 1. The first-order chi connectivity index (χ1) is 8.69. The molecule has 1 aliphatic rings. The molecule has 1 aromatic rings. The molecule has 2 N–H and O–H groups in total. The lowest BCUT2D eigenvalue weighted by molar-refractivity contribution is -0.137. The van der Waals surface area contributed by atoms with Crippen molar-refractivity contribution in [3.63, 3.8) is 0 Å². The van der Waals surface area contributed by atoms with Crippen molar-refractivity contribution in [2.45, 2.75) is 32.4 Å². The summed E-state index contributed by atoms with van der Waals surface area (Å²) in [5.41, 5.74) is 1.06. The van der Waals surface area contributed by atoms with E-state index in [1.165, 1.54) is 0 Å². The Morgan fingerprint density at radius 3 is 2.94 bits per heavy atom. The Morgan fingerprint density at radius 1 is 1.44 bits per heavy atom. The molecule has 1 unspecified atom stereocenters. The van der Waals surface area contributed by atoms with Crippen molar-refractivity contribution in [1.82, 2.24) is 5.32 Å². The number of aliphatic carboxylic acids is 1. The smallest absolute Gasteiger partial charge is 0.304 e. The van der Waals surface area contributed by atoms with Crippen molar-refractivity contribution in [3.8, 4) is 11.5 Å². The van der Waals surface area contributed by atoms with Crippen LogP contribution < -0.4 is 14.8 Å².